The smallest absolute Gasteiger partial charge is 0.136 e. The summed E-state index contributed by atoms with van der Waals surface area (Å²) in [5.74, 6) is -0.292. The van der Waals surface area contributed by atoms with Crippen molar-refractivity contribution in [3.8, 4) is 22.3 Å². The highest BCUT2D eigenvalue weighted by Gasteiger charge is 2.22. The van der Waals surface area contributed by atoms with E-state index in [1.165, 1.54) is 69.7 Å². The maximum absolute atomic E-state index is 15.3. The lowest BCUT2D eigenvalue weighted by Gasteiger charge is -2.27. The molecule has 2 aromatic heterocycles. The van der Waals surface area contributed by atoms with Gasteiger partial charge in [-0.1, -0.05) is 140 Å². The van der Waals surface area contributed by atoms with Gasteiger partial charge in [-0.2, -0.15) is 0 Å². The second-order valence-corrected chi connectivity index (χ2v) is 17.2. The van der Waals surface area contributed by atoms with Crippen LogP contribution in [0.2, 0.25) is 0 Å². The highest BCUT2D eigenvalue weighted by atomic mass is 32.1. The Morgan fingerprint density at radius 2 is 1.08 bits per heavy atom. The molecular weight excluding hydrogens is 778 g/mol. The minimum atomic E-state index is -0.292. The van der Waals surface area contributed by atoms with Crippen LogP contribution in [0.5, 0.6) is 0 Å². The number of rotatable bonds is 5. The van der Waals surface area contributed by atoms with E-state index in [0.29, 0.717) is 0 Å². The fraction of sp³-hybridized carbons (Fsp3) is 0. The SMILES string of the molecule is Fc1cccc(N(c2ccc3oc4cccc(-c5cc6sc7ccccc7c6c6ccccc56)c4c3c2)c2cccc3cc(-c4cccc5c4ccc4ccccc45)ccc23)c1. The van der Waals surface area contributed by atoms with E-state index in [9.17, 15) is 0 Å². The van der Waals surface area contributed by atoms with Crippen LogP contribution in [0.3, 0.4) is 0 Å². The fourth-order valence-corrected chi connectivity index (χ4v) is 11.1. The number of halogens is 1. The van der Waals surface area contributed by atoms with Crippen molar-refractivity contribution in [1.29, 1.82) is 0 Å². The van der Waals surface area contributed by atoms with Gasteiger partial charge in [0.1, 0.15) is 17.0 Å². The molecule has 0 N–H and O–H groups in total. The highest BCUT2D eigenvalue weighted by molar-refractivity contribution is 7.26. The van der Waals surface area contributed by atoms with Crippen LogP contribution in [0.4, 0.5) is 21.5 Å². The van der Waals surface area contributed by atoms with E-state index in [1.807, 2.05) is 17.4 Å². The summed E-state index contributed by atoms with van der Waals surface area (Å²) in [4.78, 5) is 2.18. The zero-order valence-corrected chi connectivity index (χ0v) is 34.1. The first kappa shape index (κ1) is 35.0. The van der Waals surface area contributed by atoms with E-state index in [1.54, 1.807) is 12.1 Å². The Hall–Kier alpha value is -7.79. The van der Waals surface area contributed by atoms with Crippen molar-refractivity contribution in [3.63, 3.8) is 0 Å². The van der Waals surface area contributed by atoms with E-state index in [4.69, 9.17) is 4.42 Å². The molecule has 0 amide bonds. The summed E-state index contributed by atoms with van der Waals surface area (Å²) in [5, 5.41) is 14.2. The van der Waals surface area contributed by atoms with Crippen molar-refractivity contribution in [2.45, 2.75) is 0 Å². The molecule has 2 nitrogen and oxygen atoms in total. The van der Waals surface area contributed by atoms with Crippen molar-refractivity contribution in [2.75, 3.05) is 4.90 Å². The number of furan rings is 1. The van der Waals surface area contributed by atoms with Crippen molar-refractivity contribution >= 4 is 114 Å². The minimum Gasteiger partial charge on any atom is -0.456 e. The molecule has 0 atom stereocenters. The van der Waals surface area contributed by atoms with Gasteiger partial charge in [-0.3, -0.25) is 0 Å². The molecule has 0 radical (unpaired) electrons. The minimum absolute atomic E-state index is 0.292. The molecule has 0 saturated carbocycles. The van der Waals surface area contributed by atoms with E-state index in [-0.39, 0.29) is 5.82 Å². The van der Waals surface area contributed by atoms with Crippen molar-refractivity contribution in [2.24, 2.45) is 0 Å². The summed E-state index contributed by atoms with van der Waals surface area (Å²) in [6.07, 6.45) is 0. The van der Waals surface area contributed by atoms with Crippen LogP contribution in [0, 0.1) is 5.82 Å². The lowest BCUT2D eigenvalue weighted by Crippen LogP contribution is -2.10. The Labute approximate surface area is 359 Å². The van der Waals surface area contributed by atoms with Gasteiger partial charge in [0.25, 0.3) is 0 Å². The zero-order chi connectivity index (χ0) is 40.9. The van der Waals surface area contributed by atoms with E-state index in [0.717, 1.165) is 60.9 Å². The Balaban J connectivity index is 1.00. The van der Waals surface area contributed by atoms with Gasteiger partial charge in [0.05, 0.1) is 5.69 Å². The van der Waals surface area contributed by atoms with Crippen molar-refractivity contribution in [3.05, 3.63) is 212 Å². The summed E-state index contributed by atoms with van der Waals surface area (Å²) in [6, 6.07) is 72.1. The number of nitrogens with zero attached hydrogens (tertiary/aromatic N) is 1. The average molecular weight is 812 g/mol. The number of fused-ring (bicyclic) bond motifs is 12. The van der Waals surface area contributed by atoms with Gasteiger partial charge in [-0.15, -0.1) is 11.3 Å². The van der Waals surface area contributed by atoms with E-state index < -0.39 is 0 Å². The van der Waals surface area contributed by atoms with Crippen LogP contribution in [0.25, 0.3) is 107 Å². The van der Waals surface area contributed by atoms with Crippen molar-refractivity contribution < 1.29 is 8.81 Å². The molecule has 0 aliphatic carbocycles. The molecule has 11 aromatic carbocycles. The molecule has 0 fully saturated rings. The summed E-state index contributed by atoms with van der Waals surface area (Å²) >= 11 is 1.84. The van der Waals surface area contributed by atoms with Crippen LogP contribution in [0.1, 0.15) is 0 Å². The number of anilines is 3. The lowest BCUT2D eigenvalue weighted by molar-refractivity contribution is 0.628. The fourth-order valence-electron chi connectivity index (χ4n) is 9.95. The third-order valence-corrected chi connectivity index (χ3v) is 13.8. The molecule has 62 heavy (non-hydrogen) atoms. The standard InChI is InChI=1S/C58H34FNOS/c59-38-13-8-14-39(32-38)60(52-22-7-12-36-31-37(26-28-43(36)52)42-19-9-20-44-41-15-2-1-11-35(41)25-29-46(42)44)40-27-30-53-51(33-40)57-48(21-10-23-54(57)61-53)50-34-56-58(47-17-4-3-16-45(47)50)49-18-5-6-24-55(49)62-56/h1-34H. The molecule has 0 saturated heterocycles. The molecular formula is C58H34FNOS. The normalized spacial score (nSPS) is 12.0. The number of hydrogen-bond donors (Lipinski definition) is 0. The molecule has 290 valence electrons. The van der Waals surface area contributed by atoms with Crippen molar-refractivity contribution in [1.82, 2.24) is 0 Å². The molecule has 2 heterocycles. The van der Waals surface area contributed by atoms with Gasteiger partial charge >= 0.3 is 0 Å². The Kier molecular flexibility index (Phi) is 7.69. The van der Waals surface area contributed by atoms with E-state index >= 15 is 4.39 Å². The van der Waals surface area contributed by atoms with Crippen LogP contribution in [-0.2, 0) is 0 Å². The van der Waals surface area contributed by atoms with Gasteiger partial charge in [0.15, 0.2) is 0 Å². The summed E-state index contributed by atoms with van der Waals surface area (Å²) in [7, 11) is 0. The Morgan fingerprint density at radius 1 is 0.371 bits per heavy atom. The molecule has 0 aliphatic heterocycles. The topological polar surface area (TPSA) is 16.4 Å². The molecule has 13 aromatic rings. The first-order valence-electron chi connectivity index (χ1n) is 20.9. The van der Waals surface area contributed by atoms with Crippen LogP contribution in [-0.4, -0.2) is 0 Å². The van der Waals surface area contributed by atoms with Gasteiger partial charge in [-0.25, -0.2) is 4.39 Å². The third-order valence-electron chi connectivity index (χ3n) is 12.7. The highest BCUT2D eigenvalue weighted by Crippen LogP contribution is 2.47. The van der Waals surface area contributed by atoms with Crippen LogP contribution in [0.15, 0.2) is 211 Å². The van der Waals surface area contributed by atoms with Gasteiger partial charge in [-0.05, 0) is 127 Å². The number of thiophene rings is 1. The second-order valence-electron chi connectivity index (χ2n) is 16.1. The molecule has 0 bridgehead atoms. The van der Waals surface area contributed by atoms with Crippen LogP contribution >= 0.6 is 11.3 Å². The summed E-state index contributed by atoms with van der Waals surface area (Å²) in [5.41, 5.74) is 8.84. The molecule has 0 unspecified atom stereocenters. The van der Waals surface area contributed by atoms with Gasteiger partial charge in [0.2, 0.25) is 0 Å². The van der Waals surface area contributed by atoms with E-state index in [2.05, 4.69) is 187 Å². The van der Waals surface area contributed by atoms with Gasteiger partial charge in [0, 0.05) is 47.7 Å². The maximum Gasteiger partial charge on any atom is 0.136 e. The van der Waals surface area contributed by atoms with Crippen LogP contribution < -0.4 is 4.90 Å². The first-order chi connectivity index (χ1) is 30.6. The lowest BCUT2D eigenvalue weighted by atomic mass is 9.92. The summed E-state index contributed by atoms with van der Waals surface area (Å²) < 4.78 is 24.4. The third kappa shape index (κ3) is 5.33. The summed E-state index contributed by atoms with van der Waals surface area (Å²) in [6.45, 7) is 0. The second kappa shape index (κ2) is 13.6. The number of benzene rings is 11. The predicted octanol–water partition coefficient (Wildman–Crippen LogP) is 17.5. The Morgan fingerprint density at radius 3 is 2.00 bits per heavy atom. The Bertz CT molecular complexity index is 3970. The molecule has 13 rings (SSSR count). The predicted molar refractivity (Wildman–Crippen MR) is 262 cm³/mol. The molecule has 0 spiro atoms. The first-order valence-corrected chi connectivity index (χ1v) is 21.7. The van der Waals surface area contributed by atoms with Gasteiger partial charge < -0.3 is 9.32 Å². The largest absolute Gasteiger partial charge is 0.456 e. The molecule has 4 heteroatoms. The maximum atomic E-state index is 15.3. The zero-order valence-electron chi connectivity index (χ0n) is 33.3. The quantitative estimate of drug-likeness (QED) is 0.161. The molecule has 0 aliphatic rings. The monoisotopic (exact) mass is 811 g/mol. The number of hydrogen-bond acceptors (Lipinski definition) is 3. The average Bonchev–Trinajstić information content (AvgIpc) is 3.89.